The van der Waals surface area contributed by atoms with Crippen LogP contribution in [-0.4, -0.2) is 21.2 Å². The summed E-state index contributed by atoms with van der Waals surface area (Å²) in [5, 5.41) is 3.00. The van der Waals surface area contributed by atoms with Crippen molar-refractivity contribution in [2.75, 3.05) is 5.32 Å². The molecule has 1 aliphatic rings. The fourth-order valence-electron chi connectivity index (χ4n) is 3.29. The third kappa shape index (κ3) is 3.40. The second-order valence-electron chi connectivity index (χ2n) is 7.11. The lowest BCUT2D eigenvalue weighted by Gasteiger charge is -2.10. The molecule has 0 bridgehead atoms. The number of aryl methyl sites for hydroxylation is 1. The minimum atomic E-state index is -0.0439. The zero-order valence-corrected chi connectivity index (χ0v) is 15.7. The summed E-state index contributed by atoms with van der Waals surface area (Å²) < 4.78 is 2.02. The summed E-state index contributed by atoms with van der Waals surface area (Å²) in [7, 11) is 0. The Morgan fingerprint density at radius 2 is 2.00 bits per heavy atom. The normalized spacial score (nSPS) is 13.8. The minimum Gasteiger partial charge on any atom is -0.324 e. The Bertz CT molecular complexity index is 1050. The first-order valence-electron chi connectivity index (χ1n) is 9.13. The quantitative estimate of drug-likeness (QED) is 0.733. The fourth-order valence-corrected chi connectivity index (χ4v) is 3.29. The van der Waals surface area contributed by atoms with Crippen LogP contribution in [0, 0.1) is 6.92 Å². The maximum atomic E-state index is 12.5. The Hall–Kier alpha value is -3.21. The highest BCUT2D eigenvalue weighted by Crippen LogP contribution is 2.32. The van der Waals surface area contributed by atoms with Gasteiger partial charge in [-0.2, -0.15) is 0 Å². The van der Waals surface area contributed by atoms with Gasteiger partial charge in [-0.25, -0.2) is 4.98 Å². The molecule has 1 N–H and O–H groups in total. The molecule has 3 aromatic rings. The average molecular weight is 358 g/mol. The number of fused-ring (bicyclic) bond motifs is 1. The van der Waals surface area contributed by atoms with Gasteiger partial charge >= 0.3 is 0 Å². The van der Waals surface area contributed by atoms with Crippen molar-refractivity contribution in [3.05, 3.63) is 71.8 Å². The number of anilines is 1. The van der Waals surface area contributed by atoms with Crippen LogP contribution in [0.25, 0.3) is 5.69 Å². The SMILES string of the molecule is Cc1nccn1-c1cccc(C2=Nc3ccc(C(C)C)cc3NC(=O)C2)c1. The summed E-state index contributed by atoms with van der Waals surface area (Å²) in [6, 6.07) is 14.1. The topological polar surface area (TPSA) is 59.3 Å². The molecule has 136 valence electrons. The number of nitrogens with zero attached hydrogens (tertiary/aromatic N) is 3. The molecule has 4 rings (SSSR count). The van der Waals surface area contributed by atoms with E-state index in [0.29, 0.717) is 5.92 Å². The first-order valence-corrected chi connectivity index (χ1v) is 9.13. The number of rotatable bonds is 3. The van der Waals surface area contributed by atoms with Gasteiger partial charge in [0.25, 0.3) is 0 Å². The molecular weight excluding hydrogens is 336 g/mol. The standard InChI is InChI=1S/C22H22N4O/c1-14(2)16-7-8-19-21(12-16)25-22(27)13-20(24-19)17-5-4-6-18(11-17)26-10-9-23-15(26)3/h4-12,14H,13H2,1-3H3,(H,25,27). The maximum absolute atomic E-state index is 12.5. The molecule has 5 heteroatoms. The Morgan fingerprint density at radius 1 is 1.15 bits per heavy atom. The zero-order valence-electron chi connectivity index (χ0n) is 15.7. The molecule has 2 aromatic carbocycles. The largest absolute Gasteiger partial charge is 0.324 e. The third-order valence-corrected chi connectivity index (χ3v) is 4.83. The van der Waals surface area contributed by atoms with Gasteiger partial charge in [0.05, 0.1) is 23.5 Å². The van der Waals surface area contributed by atoms with Gasteiger partial charge in [0, 0.05) is 18.1 Å². The molecule has 0 radical (unpaired) electrons. The number of aliphatic imine (C=N–C) groups is 1. The number of benzene rings is 2. The van der Waals surface area contributed by atoms with Gasteiger partial charge in [-0.1, -0.05) is 32.0 Å². The predicted octanol–water partition coefficient (Wildman–Crippen LogP) is 4.77. The number of hydrogen-bond donors (Lipinski definition) is 1. The molecule has 0 saturated heterocycles. The number of amides is 1. The Labute approximate surface area is 158 Å². The highest BCUT2D eigenvalue weighted by Gasteiger charge is 2.18. The molecule has 5 nitrogen and oxygen atoms in total. The van der Waals surface area contributed by atoms with Crippen molar-refractivity contribution < 1.29 is 4.79 Å². The Morgan fingerprint density at radius 3 is 2.74 bits per heavy atom. The highest BCUT2D eigenvalue weighted by molar-refractivity contribution is 6.17. The van der Waals surface area contributed by atoms with Crippen molar-refractivity contribution in [3.8, 4) is 5.69 Å². The number of hydrogen-bond acceptors (Lipinski definition) is 3. The lowest BCUT2D eigenvalue weighted by Crippen LogP contribution is -2.15. The van der Waals surface area contributed by atoms with E-state index in [4.69, 9.17) is 4.99 Å². The Balaban J connectivity index is 1.77. The van der Waals surface area contributed by atoms with Gasteiger partial charge in [-0.05, 0) is 48.2 Å². The van der Waals surface area contributed by atoms with E-state index < -0.39 is 0 Å². The van der Waals surface area contributed by atoms with Crippen molar-refractivity contribution in [1.82, 2.24) is 9.55 Å². The molecule has 1 amide bonds. The summed E-state index contributed by atoms with van der Waals surface area (Å²) in [4.78, 5) is 21.6. The lowest BCUT2D eigenvalue weighted by molar-refractivity contribution is -0.115. The zero-order chi connectivity index (χ0) is 19.0. The second kappa shape index (κ2) is 6.83. The molecule has 1 aliphatic heterocycles. The van der Waals surface area contributed by atoms with Gasteiger partial charge in [0.15, 0.2) is 0 Å². The number of aromatic nitrogens is 2. The van der Waals surface area contributed by atoms with E-state index >= 15 is 0 Å². The third-order valence-electron chi connectivity index (χ3n) is 4.83. The molecule has 2 heterocycles. The number of nitrogens with one attached hydrogen (secondary N) is 1. The molecular formula is C22H22N4O. The molecule has 0 saturated carbocycles. The highest BCUT2D eigenvalue weighted by atomic mass is 16.1. The molecule has 0 atom stereocenters. The van der Waals surface area contributed by atoms with E-state index in [1.165, 1.54) is 5.56 Å². The van der Waals surface area contributed by atoms with E-state index in [0.717, 1.165) is 34.2 Å². The van der Waals surface area contributed by atoms with Crippen molar-refractivity contribution >= 4 is 23.0 Å². The molecule has 0 aliphatic carbocycles. The number of carbonyl (C=O) groups is 1. The van der Waals surface area contributed by atoms with Crippen LogP contribution in [0.2, 0.25) is 0 Å². The van der Waals surface area contributed by atoms with Crippen LogP contribution in [0.4, 0.5) is 11.4 Å². The van der Waals surface area contributed by atoms with Crippen LogP contribution in [0.1, 0.15) is 43.1 Å². The van der Waals surface area contributed by atoms with Crippen LogP contribution < -0.4 is 5.32 Å². The van der Waals surface area contributed by atoms with Gasteiger partial charge < -0.3 is 9.88 Å². The van der Waals surface area contributed by atoms with Crippen LogP contribution in [0.5, 0.6) is 0 Å². The van der Waals surface area contributed by atoms with Gasteiger partial charge in [-0.3, -0.25) is 9.79 Å². The minimum absolute atomic E-state index is 0.0439. The van der Waals surface area contributed by atoms with E-state index in [1.54, 1.807) is 6.20 Å². The van der Waals surface area contributed by atoms with Gasteiger partial charge in [0.1, 0.15) is 5.82 Å². The Kier molecular flexibility index (Phi) is 4.36. The van der Waals surface area contributed by atoms with E-state index in [1.807, 2.05) is 54.1 Å². The van der Waals surface area contributed by atoms with Crippen LogP contribution in [0.15, 0.2) is 59.9 Å². The first kappa shape index (κ1) is 17.2. The summed E-state index contributed by atoms with van der Waals surface area (Å²) in [6.07, 6.45) is 3.96. The first-order chi connectivity index (χ1) is 13.0. The van der Waals surface area contributed by atoms with Gasteiger partial charge in [0.2, 0.25) is 5.91 Å². The van der Waals surface area contributed by atoms with Gasteiger partial charge in [-0.15, -0.1) is 0 Å². The average Bonchev–Trinajstić information content (AvgIpc) is 3.00. The van der Waals surface area contributed by atoms with Crippen LogP contribution >= 0.6 is 0 Å². The molecule has 0 fully saturated rings. The van der Waals surface area contributed by atoms with Crippen molar-refractivity contribution in [2.45, 2.75) is 33.1 Å². The van der Waals surface area contributed by atoms with Crippen LogP contribution in [0.3, 0.4) is 0 Å². The van der Waals surface area contributed by atoms with Crippen molar-refractivity contribution in [3.63, 3.8) is 0 Å². The molecule has 0 spiro atoms. The second-order valence-corrected chi connectivity index (χ2v) is 7.11. The maximum Gasteiger partial charge on any atom is 0.230 e. The van der Waals surface area contributed by atoms with Crippen molar-refractivity contribution in [2.24, 2.45) is 4.99 Å². The number of carbonyl (C=O) groups excluding carboxylic acids is 1. The smallest absolute Gasteiger partial charge is 0.230 e. The summed E-state index contributed by atoms with van der Waals surface area (Å²) in [5.41, 5.74) is 5.47. The number of imidazole rings is 1. The van der Waals surface area contributed by atoms with Crippen molar-refractivity contribution in [1.29, 1.82) is 0 Å². The van der Waals surface area contributed by atoms with E-state index in [9.17, 15) is 4.79 Å². The molecule has 0 unspecified atom stereocenters. The predicted molar refractivity (Wildman–Crippen MR) is 108 cm³/mol. The summed E-state index contributed by atoms with van der Waals surface area (Å²) in [6.45, 7) is 6.24. The molecule has 27 heavy (non-hydrogen) atoms. The van der Waals surface area contributed by atoms with Crippen LogP contribution in [-0.2, 0) is 4.79 Å². The van der Waals surface area contributed by atoms with E-state index in [2.05, 4.69) is 30.2 Å². The molecule has 1 aromatic heterocycles. The summed E-state index contributed by atoms with van der Waals surface area (Å²) >= 11 is 0. The lowest BCUT2D eigenvalue weighted by atomic mass is 10.0. The fraction of sp³-hybridized carbons (Fsp3) is 0.227. The monoisotopic (exact) mass is 358 g/mol. The summed E-state index contributed by atoms with van der Waals surface area (Å²) in [5.74, 6) is 1.27. The van der Waals surface area contributed by atoms with E-state index in [-0.39, 0.29) is 12.3 Å².